The standard InChI is InChI=1S/C21H17BrFN3O2S/c22-15-8-6-13(7-9-15)20(28)26-10-2-5-18(26)19(27)25-21-24-17(12-29-21)14-3-1-4-16(23)11-14/h1,3-4,6-9,11-12,18H,2,5,10H2,(H,24,25,27). The van der Waals surface area contributed by atoms with Crippen molar-refractivity contribution in [3.63, 3.8) is 0 Å². The van der Waals surface area contributed by atoms with Crippen molar-refractivity contribution in [2.24, 2.45) is 0 Å². The summed E-state index contributed by atoms with van der Waals surface area (Å²) in [6.45, 7) is 0.541. The molecule has 1 aliphatic heterocycles. The van der Waals surface area contributed by atoms with Crippen LogP contribution >= 0.6 is 27.3 Å². The highest BCUT2D eigenvalue weighted by Crippen LogP contribution is 2.27. The number of carbonyl (C=O) groups is 2. The van der Waals surface area contributed by atoms with Crippen LogP contribution in [0, 0.1) is 5.82 Å². The molecule has 1 atom stereocenters. The number of hydrogen-bond donors (Lipinski definition) is 1. The Morgan fingerprint density at radius 1 is 1.21 bits per heavy atom. The SMILES string of the molecule is O=C(Nc1nc(-c2cccc(F)c2)cs1)C1CCCN1C(=O)c1ccc(Br)cc1. The zero-order chi connectivity index (χ0) is 20.4. The zero-order valence-electron chi connectivity index (χ0n) is 15.3. The number of halogens is 2. The lowest BCUT2D eigenvalue weighted by molar-refractivity contribution is -0.119. The van der Waals surface area contributed by atoms with Crippen molar-refractivity contribution in [3.05, 3.63) is 69.8 Å². The summed E-state index contributed by atoms with van der Waals surface area (Å²) in [7, 11) is 0. The molecule has 2 heterocycles. The molecule has 1 unspecified atom stereocenters. The van der Waals surface area contributed by atoms with Gasteiger partial charge in [0.15, 0.2) is 5.13 Å². The maximum Gasteiger partial charge on any atom is 0.254 e. The van der Waals surface area contributed by atoms with Crippen molar-refractivity contribution in [1.29, 1.82) is 0 Å². The maximum absolute atomic E-state index is 13.4. The summed E-state index contributed by atoms with van der Waals surface area (Å²) >= 11 is 4.63. The molecule has 1 aliphatic rings. The van der Waals surface area contributed by atoms with Gasteiger partial charge in [-0.15, -0.1) is 11.3 Å². The van der Waals surface area contributed by atoms with Gasteiger partial charge in [-0.2, -0.15) is 0 Å². The summed E-state index contributed by atoms with van der Waals surface area (Å²) < 4.78 is 14.3. The molecule has 0 radical (unpaired) electrons. The lowest BCUT2D eigenvalue weighted by Crippen LogP contribution is -2.43. The van der Waals surface area contributed by atoms with Gasteiger partial charge >= 0.3 is 0 Å². The molecule has 0 bridgehead atoms. The van der Waals surface area contributed by atoms with E-state index in [-0.39, 0.29) is 17.6 Å². The fourth-order valence-electron chi connectivity index (χ4n) is 3.34. The van der Waals surface area contributed by atoms with Gasteiger partial charge in [-0.3, -0.25) is 9.59 Å². The minimum absolute atomic E-state index is 0.158. The first-order chi connectivity index (χ1) is 14.0. The van der Waals surface area contributed by atoms with Gasteiger partial charge in [-0.05, 0) is 49.2 Å². The lowest BCUT2D eigenvalue weighted by atomic mass is 10.1. The van der Waals surface area contributed by atoms with Gasteiger partial charge < -0.3 is 10.2 Å². The van der Waals surface area contributed by atoms with Crippen molar-refractivity contribution in [2.45, 2.75) is 18.9 Å². The summed E-state index contributed by atoms with van der Waals surface area (Å²) in [5, 5.41) is 5.00. The van der Waals surface area contributed by atoms with E-state index in [1.165, 1.54) is 23.5 Å². The molecule has 1 N–H and O–H groups in total. The molecule has 1 aromatic heterocycles. The second-order valence-corrected chi connectivity index (χ2v) is 8.47. The summed E-state index contributed by atoms with van der Waals surface area (Å²) in [5.41, 5.74) is 1.80. The van der Waals surface area contributed by atoms with E-state index in [0.717, 1.165) is 10.9 Å². The van der Waals surface area contributed by atoms with Crippen molar-refractivity contribution in [3.8, 4) is 11.3 Å². The molecule has 4 rings (SSSR count). The largest absolute Gasteiger partial charge is 0.327 e. The van der Waals surface area contributed by atoms with Crippen LogP contribution in [-0.4, -0.2) is 34.3 Å². The maximum atomic E-state index is 13.4. The van der Waals surface area contributed by atoms with Gasteiger partial charge in [0, 0.05) is 27.5 Å². The van der Waals surface area contributed by atoms with Gasteiger partial charge in [-0.1, -0.05) is 28.1 Å². The monoisotopic (exact) mass is 473 g/mol. The third kappa shape index (κ3) is 4.38. The number of aromatic nitrogens is 1. The number of nitrogens with one attached hydrogen (secondary N) is 1. The highest BCUT2D eigenvalue weighted by atomic mass is 79.9. The van der Waals surface area contributed by atoms with E-state index in [0.29, 0.717) is 34.9 Å². The molecular formula is C21H17BrFN3O2S. The van der Waals surface area contributed by atoms with Crippen LogP contribution in [0.1, 0.15) is 23.2 Å². The van der Waals surface area contributed by atoms with Crippen molar-refractivity contribution >= 4 is 44.2 Å². The normalized spacial score (nSPS) is 16.1. The summed E-state index contributed by atoms with van der Waals surface area (Å²) in [5.74, 6) is -0.753. The number of carbonyl (C=O) groups excluding carboxylic acids is 2. The Hall–Kier alpha value is -2.58. The number of hydrogen-bond acceptors (Lipinski definition) is 4. The van der Waals surface area contributed by atoms with Crippen LogP contribution in [0.5, 0.6) is 0 Å². The predicted octanol–water partition coefficient (Wildman–Crippen LogP) is 4.96. The van der Waals surface area contributed by atoms with Crippen LogP contribution in [-0.2, 0) is 4.79 Å². The average Bonchev–Trinajstić information content (AvgIpc) is 3.38. The number of amides is 2. The fraction of sp³-hybridized carbons (Fsp3) is 0.190. The molecule has 2 aromatic carbocycles. The number of thiazole rings is 1. The number of nitrogens with zero attached hydrogens (tertiary/aromatic N) is 2. The number of rotatable bonds is 4. The third-order valence-electron chi connectivity index (χ3n) is 4.76. The second-order valence-electron chi connectivity index (χ2n) is 6.70. The molecule has 1 fully saturated rings. The Kier molecular flexibility index (Phi) is 5.73. The topological polar surface area (TPSA) is 62.3 Å². The molecule has 1 saturated heterocycles. The Balaban J connectivity index is 1.46. The highest BCUT2D eigenvalue weighted by molar-refractivity contribution is 9.10. The van der Waals surface area contributed by atoms with E-state index >= 15 is 0 Å². The van der Waals surface area contributed by atoms with Gasteiger partial charge in [0.2, 0.25) is 5.91 Å². The fourth-order valence-corrected chi connectivity index (χ4v) is 4.33. The van der Waals surface area contributed by atoms with Crippen LogP contribution in [0.2, 0.25) is 0 Å². The highest BCUT2D eigenvalue weighted by Gasteiger charge is 2.34. The Labute approximate surface area is 179 Å². The van der Waals surface area contributed by atoms with E-state index in [4.69, 9.17) is 0 Å². The summed E-state index contributed by atoms with van der Waals surface area (Å²) in [6, 6.07) is 12.7. The van der Waals surface area contributed by atoms with Crippen LogP contribution in [0.25, 0.3) is 11.3 Å². The van der Waals surface area contributed by atoms with E-state index in [2.05, 4.69) is 26.2 Å². The summed E-state index contributed by atoms with van der Waals surface area (Å²) in [6.07, 6.45) is 1.38. The Bertz CT molecular complexity index is 1050. The molecule has 5 nitrogen and oxygen atoms in total. The Morgan fingerprint density at radius 2 is 2.00 bits per heavy atom. The molecule has 3 aromatic rings. The van der Waals surface area contributed by atoms with Crippen molar-refractivity contribution in [2.75, 3.05) is 11.9 Å². The van der Waals surface area contributed by atoms with Crippen LogP contribution < -0.4 is 5.32 Å². The van der Waals surface area contributed by atoms with Gasteiger partial charge in [-0.25, -0.2) is 9.37 Å². The van der Waals surface area contributed by atoms with E-state index in [1.54, 1.807) is 34.5 Å². The minimum Gasteiger partial charge on any atom is -0.327 e. The van der Waals surface area contributed by atoms with Crippen LogP contribution in [0.15, 0.2) is 58.4 Å². The predicted molar refractivity (Wildman–Crippen MR) is 114 cm³/mol. The first-order valence-corrected chi connectivity index (χ1v) is 10.8. The van der Waals surface area contributed by atoms with Crippen LogP contribution in [0.3, 0.4) is 0 Å². The molecule has 8 heteroatoms. The molecule has 2 amide bonds. The van der Waals surface area contributed by atoms with E-state index in [1.807, 2.05) is 12.1 Å². The van der Waals surface area contributed by atoms with Gasteiger partial charge in [0.1, 0.15) is 11.9 Å². The van der Waals surface area contributed by atoms with E-state index < -0.39 is 6.04 Å². The summed E-state index contributed by atoms with van der Waals surface area (Å²) in [4.78, 5) is 31.6. The first kappa shape index (κ1) is 19.7. The van der Waals surface area contributed by atoms with Crippen molar-refractivity contribution < 1.29 is 14.0 Å². The molecule has 29 heavy (non-hydrogen) atoms. The van der Waals surface area contributed by atoms with Crippen LogP contribution in [0.4, 0.5) is 9.52 Å². The van der Waals surface area contributed by atoms with Gasteiger partial charge in [0.05, 0.1) is 5.69 Å². The number of anilines is 1. The number of likely N-dealkylation sites (tertiary alicyclic amines) is 1. The molecule has 0 saturated carbocycles. The van der Waals surface area contributed by atoms with Crippen molar-refractivity contribution in [1.82, 2.24) is 9.88 Å². The van der Waals surface area contributed by atoms with E-state index in [9.17, 15) is 14.0 Å². The Morgan fingerprint density at radius 3 is 2.76 bits per heavy atom. The first-order valence-electron chi connectivity index (χ1n) is 9.10. The minimum atomic E-state index is -0.535. The second kappa shape index (κ2) is 8.42. The lowest BCUT2D eigenvalue weighted by Gasteiger charge is -2.23. The smallest absolute Gasteiger partial charge is 0.254 e. The number of benzene rings is 2. The molecule has 0 spiro atoms. The van der Waals surface area contributed by atoms with Gasteiger partial charge in [0.25, 0.3) is 5.91 Å². The molecule has 0 aliphatic carbocycles. The quantitative estimate of drug-likeness (QED) is 0.582. The third-order valence-corrected chi connectivity index (χ3v) is 6.05. The molecule has 148 valence electrons. The molecular weight excluding hydrogens is 457 g/mol. The average molecular weight is 474 g/mol. The zero-order valence-corrected chi connectivity index (χ0v) is 17.7.